The fourth-order valence-electron chi connectivity index (χ4n) is 1.62. The molecule has 3 rings (SSSR count). The van der Waals surface area contributed by atoms with E-state index in [2.05, 4.69) is 4.98 Å². The lowest BCUT2D eigenvalue weighted by Gasteiger charge is -1.96. The molecule has 4 heteroatoms. The number of Topliss-reactive ketones (excluding diaryl/α,β-unsaturated/α-hetero) is 1. The molecule has 0 unspecified atom stereocenters. The SMILES string of the molecule is Fc1ccccc1.O=C(Cc1nccs1)c1ccccc1. The maximum Gasteiger partial charge on any atom is 0.169 e. The molecule has 0 spiro atoms. The molecule has 21 heavy (non-hydrogen) atoms. The van der Waals surface area contributed by atoms with Crippen LogP contribution in [0.25, 0.3) is 0 Å². The van der Waals surface area contributed by atoms with E-state index in [4.69, 9.17) is 0 Å². The molecular weight excluding hydrogens is 285 g/mol. The summed E-state index contributed by atoms with van der Waals surface area (Å²) in [6, 6.07) is 17.2. The van der Waals surface area contributed by atoms with E-state index in [-0.39, 0.29) is 11.6 Å². The number of carbonyl (C=O) groups is 1. The van der Waals surface area contributed by atoms with Gasteiger partial charge in [0.05, 0.1) is 6.42 Å². The topological polar surface area (TPSA) is 30.0 Å². The van der Waals surface area contributed by atoms with Gasteiger partial charge in [-0.2, -0.15) is 0 Å². The van der Waals surface area contributed by atoms with Crippen LogP contribution in [0.5, 0.6) is 0 Å². The molecular formula is C17H14FNOS. The Morgan fingerprint density at radius 1 is 1.00 bits per heavy atom. The number of thiazole rings is 1. The molecule has 1 aromatic heterocycles. The minimum atomic E-state index is -0.178. The molecule has 0 saturated heterocycles. The Balaban J connectivity index is 0.000000194. The zero-order chi connectivity index (χ0) is 14.9. The first-order chi connectivity index (χ1) is 10.3. The van der Waals surface area contributed by atoms with Crippen molar-refractivity contribution < 1.29 is 9.18 Å². The van der Waals surface area contributed by atoms with E-state index in [9.17, 15) is 9.18 Å². The summed E-state index contributed by atoms with van der Waals surface area (Å²) >= 11 is 1.51. The lowest BCUT2D eigenvalue weighted by atomic mass is 10.1. The first-order valence-corrected chi connectivity index (χ1v) is 7.31. The second kappa shape index (κ2) is 8.07. The van der Waals surface area contributed by atoms with Gasteiger partial charge in [0, 0.05) is 17.1 Å². The number of hydrogen-bond acceptors (Lipinski definition) is 3. The second-order valence-corrected chi connectivity index (χ2v) is 5.17. The predicted octanol–water partition coefficient (Wildman–Crippen LogP) is 4.39. The minimum Gasteiger partial charge on any atom is -0.294 e. The number of nitrogens with zero attached hydrogens (tertiary/aromatic N) is 1. The molecule has 2 nitrogen and oxygen atoms in total. The van der Waals surface area contributed by atoms with Crippen molar-refractivity contribution in [1.29, 1.82) is 0 Å². The van der Waals surface area contributed by atoms with Crippen molar-refractivity contribution in [3.8, 4) is 0 Å². The monoisotopic (exact) mass is 299 g/mol. The van der Waals surface area contributed by atoms with Crippen LogP contribution in [0.15, 0.2) is 72.2 Å². The van der Waals surface area contributed by atoms with Gasteiger partial charge in [-0.1, -0.05) is 48.5 Å². The van der Waals surface area contributed by atoms with Gasteiger partial charge in [-0.05, 0) is 12.1 Å². The molecule has 0 atom stereocenters. The molecule has 0 bridgehead atoms. The quantitative estimate of drug-likeness (QED) is 0.671. The molecule has 0 aliphatic carbocycles. The van der Waals surface area contributed by atoms with Crippen LogP contribution in [0.2, 0.25) is 0 Å². The fourth-order valence-corrected chi connectivity index (χ4v) is 2.23. The van der Waals surface area contributed by atoms with Crippen LogP contribution in [0.1, 0.15) is 15.4 Å². The lowest BCUT2D eigenvalue weighted by molar-refractivity contribution is 0.0993. The van der Waals surface area contributed by atoms with Crippen LogP contribution < -0.4 is 0 Å². The maximum absolute atomic E-state index is 11.9. The molecule has 2 aromatic carbocycles. The highest BCUT2D eigenvalue weighted by Gasteiger charge is 2.07. The Kier molecular flexibility index (Phi) is 5.79. The van der Waals surface area contributed by atoms with Crippen molar-refractivity contribution in [3.05, 3.63) is 88.6 Å². The van der Waals surface area contributed by atoms with Crippen LogP contribution in [-0.2, 0) is 6.42 Å². The highest BCUT2D eigenvalue weighted by atomic mass is 32.1. The van der Waals surface area contributed by atoms with E-state index < -0.39 is 0 Å². The number of rotatable bonds is 3. The van der Waals surface area contributed by atoms with E-state index in [1.807, 2.05) is 35.7 Å². The average Bonchev–Trinajstić information content (AvgIpc) is 3.02. The van der Waals surface area contributed by atoms with Crippen LogP contribution >= 0.6 is 11.3 Å². The summed E-state index contributed by atoms with van der Waals surface area (Å²) in [4.78, 5) is 15.8. The van der Waals surface area contributed by atoms with Crippen molar-refractivity contribution in [3.63, 3.8) is 0 Å². The number of halogens is 1. The normalized spacial score (nSPS) is 9.57. The first-order valence-electron chi connectivity index (χ1n) is 6.43. The number of ketones is 1. The molecule has 0 amide bonds. The summed E-state index contributed by atoms with van der Waals surface area (Å²) in [5, 5.41) is 2.76. The largest absolute Gasteiger partial charge is 0.294 e. The minimum absolute atomic E-state index is 0.126. The zero-order valence-electron chi connectivity index (χ0n) is 11.3. The van der Waals surface area contributed by atoms with Crippen LogP contribution in [0, 0.1) is 5.82 Å². The molecule has 0 saturated carbocycles. The van der Waals surface area contributed by atoms with Crippen molar-refractivity contribution in [1.82, 2.24) is 4.98 Å². The first kappa shape index (κ1) is 15.1. The Morgan fingerprint density at radius 2 is 1.62 bits per heavy atom. The molecule has 106 valence electrons. The number of benzene rings is 2. The summed E-state index contributed by atoms with van der Waals surface area (Å²) in [5.74, 6) is -0.0527. The highest BCUT2D eigenvalue weighted by Crippen LogP contribution is 2.09. The molecule has 0 aliphatic heterocycles. The van der Waals surface area contributed by atoms with Gasteiger partial charge in [0.15, 0.2) is 5.78 Å². The molecule has 1 heterocycles. The standard InChI is InChI=1S/C11H9NOS.C6H5F/c13-10(8-11-12-6-7-14-11)9-4-2-1-3-5-9;7-6-4-2-1-3-5-6/h1-7H,8H2;1-5H. The molecule has 0 radical (unpaired) electrons. The fraction of sp³-hybridized carbons (Fsp3) is 0.0588. The summed E-state index contributed by atoms with van der Waals surface area (Å²) in [7, 11) is 0. The second-order valence-electron chi connectivity index (χ2n) is 4.19. The average molecular weight is 299 g/mol. The molecule has 0 fully saturated rings. The summed E-state index contributed by atoms with van der Waals surface area (Å²) in [6.45, 7) is 0. The van der Waals surface area contributed by atoms with E-state index in [1.54, 1.807) is 24.4 Å². The maximum atomic E-state index is 11.9. The van der Waals surface area contributed by atoms with E-state index >= 15 is 0 Å². The molecule has 0 N–H and O–H groups in total. The van der Waals surface area contributed by atoms with Gasteiger partial charge >= 0.3 is 0 Å². The van der Waals surface area contributed by atoms with Crippen LogP contribution in [0.4, 0.5) is 4.39 Å². The van der Waals surface area contributed by atoms with Crippen molar-refractivity contribution >= 4 is 17.1 Å². The number of hydrogen-bond donors (Lipinski definition) is 0. The van der Waals surface area contributed by atoms with Gasteiger partial charge in [-0.25, -0.2) is 9.37 Å². The molecule has 3 aromatic rings. The third-order valence-electron chi connectivity index (χ3n) is 2.62. The summed E-state index contributed by atoms with van der Waals surface area (Å²) in [5.41, 5.74) is 0.752. The van der Waals surface area contributed by atoms with Gasteiger partial charge in [-0.3, -0.25) is 4.79 Å². The Bertz CT molecular complexity index is 654. The van der Waals surface area contributed by atoms with Crippen molar-refractivity contribution in [2.45, 2.75) is 6.42 Å². The lowest BCUT2D eigenvalue weighted by Crippen LogP contribution is -2.02. The van der Waals surface area contributed by atoms with Gasteiger partial charge in [0.25, 0.3) is 0 Å². The Morgan fingerprint density at radius 3 is 2.10 bits per heavy atom. The zero-order valence-corrected chi connectivity index (χ0v) is 12.1. The van der Waals surface area contributed by atoms with Crippen molar-refractivity contribution in [2.24, 2.45) is 0 Å². The van der Waals surface area contributed by atoms with Crippen LogP contribution in [0.3, 0.4) is 0 Å². The summed E-state index contributed by atoms with van der Waals surface area (Å²) < 4.78 is 11.9. The van der Waals surface area contributed by atoms with Gasteiger partial charge in [0.2, 0.25) is 0 Å². The van der Waals surface area contributed by atoms with E-state index in [0.29, 0.717) is 6.42 Å². The van der Waals surface area contributed by atoms with Crippen molar-refractivity contribution in [2.75, 3.05) is 0 Å². The van der Waals surface area contributed by atoms with Gasteiger partial charge in [-0.15, -0.1) is 11.3 Å². The smallest absolute Gasteiger partial charge is 0.169 e. The Labute approximate surface area is 126 Å². The highest BCUT2D eigenvalue weighted by molar-refractivity contribution is 7.09. The van der Waals surface area contributed by atoms with Crippen LogP contribution in [-0.4, -0.2) is 10.8 Å². The number of carbonyl (C=O) groups excluding carboxylic acids is 1. The third kappa shape index (κ3) is 5.28. The Hall–Kier alpha value is -2.33. The van der Waals surface area contributed by atoms with Gasteiger partial charge < -0.3 is 0 Å². The number of aromatic nitrogens is 1. The molecule has 0 aliphatic rings. The predicted molar refractivity (Wildman–Crippen MR) is 83.0 cm³/mol. The third-order valence-corrected chi connectivity index (χ3v) is 3.40. The van der Waals surface area contributed by atoms with E-state index in [0.717, 1.165) is 10.6 Å². The summed E-state index contributed by atoms with van der Waals surface area (Å²) in [6.07, 6.45) is 2.12. The van der Waals surface area contributed by atoms with Gasteiger partial charge in [0.1, 0.15) is 10.8 Å². The van der Waals surface area contributed by atoms with E-state index in [1.165, 1.54) is 23.5 Å².